The zero-order valence-electron chi connectivity index (χ0n) is 15.6. The highest BCUT2D eigenvalue weighted by Crippen LogP contribution is 2.42. The lowest BCUT2D eigenvalue weighted by atomic mass is 9.67. The summed E-state index contributed by atoms with van der Waals surface area (Å²) in [5.74, 6) is 0.197. The SMILES string of the molecule is CC1CCCCC1NC(=O)CN1C(=O)NC2(C1=O)C(C)CCCC2C. The van der Waals surface area contributed by atoms with E-state index in [-0.39, 0.29) is 36.2 Å². The van der Waals surface area contributed by atoms with Gasteiger partial charge in [0.2, 0.25) is 5.91 Å². The minimum atomic E-state index is -0.826. The molecule has 0 radical (unpaired) electrons. The van der Waals surface area contributed by atoms with E-state index in [2.05, 4.69) is 17.6 Å². The first-order chi connectivity index (χ1) is 11.9. The molecule has 4 atom stereocenters. The van der Waals surface area contributed by atoms with E-state index in [4.69, 9.17) is 0 Å². The van der Waals surface area contributed by atoms with Gasteiger partial charge in [-0.3, -0.25) is 14.5 Å². The van der Waals surface area contributed by atoms with Crippen LogP contribution in [0.5, 0.6) is 0 Å². The van der Waals surface area contributed by atoms with Crippen LogP contribution in [0.15, 0.2) is 0 Å². The molecule has 25 heavy (non-hydrogen) atoms. The minimum absolute atomic E-state index is 0.0964. The predicted octanol–water partition coefficient (Wildman–Crippen LogP) is 2.43. The van der Waals surface area contributed by atoms with E-state index in [1.807, 2.05) is 13.8 Å². The second-order valence-electron chi connectivity index (χ2n) is 8.36. The number of carbonyl (C=O) groups excluding carboxylic acids is 3. The first-order valence-corrected chi connectivity index (χ1v) is 9.79. The van der Waals surface area contributed by atoms with Crippen molar-refractivity contribution in [1.82, 2.24) is 15.5 Å². The Labute approximate surface area is 150 Å². The maximum Gasteiger partial charge on any atom is 0.325 e. The molecule has 6 nitrogen and oxygen atoms in total. The van der Waals surface area contributed by atoms with Crippen molar-refractivity contribution in [3.05, 3.63) is 0 Å². The van der Waals surface area contributed by atoms with Crippen LogP contribution in [0.3, 0.4) is 0 Å². The van der Waals surface area contributed by atoms with Gasteiger partial charge in [-0.15, -0.1) is 0 Å². The topological polar surface area (TPSA) is 78.5 Å². The van der Waals surface area contributed by atoms with Crippen LogP contribution in [-0.2, 0) is 9.59 Å². The third-order valence-corrected chi connectivity index (χ3v) is 6.75. The number of amides is 4. The number of hydrogen-bond acceptors (Lipinski definition) is 3. The molecule has 2 aliphatic carbocycles. The highest BCUT2D eigenvalue weighted by molar-refractivity contribution is 6.09. The van der Waals surface area contributed by atoms with Crippen LogP contribution in [0.25, 0.3) is 0 Å². The molecule has 1 spiro atoms. The van der Waals surface area contributed by atoms with Crippen LogP contribution in [0.2, 0.25) is 0 Å². The molecule has 2 N–H and O–H groups in total. The Kier molecular flexibility index (Phi) is 5.07. The van der Waals surface area contributed by atoms with Gasteiger partial charge in [0, 0.05) is 6.04 Å². The summed E-state index contributed by atoms with van der Waals surface area (Å²) in [6, 6.07) is -0.263. The summed E-state index contributed by atoms with van der Waals surface area (Å²) in [5.41, 5.74) is -0.826. The number of hydrogen-bond donors (Lipinski definition) is 2. The van der Waals surface area contributed by atoms with E-state index >= 15 is 0 Å². The zero-order chi connectivity index (χ0) is 18.2. The van der Waals surface area contributed by atoms with E-state index in [0.29, 0.717) is 5.92 Å². The molecule has 1 aliphatic heterocycles. The molecule has 6 heteroatoms. The van der Waals surface area contributed by atoms with Crippen molar-refractivity contribution >= 4 is 17.8 Å². The van der Waals surface area contributed by atoms with Gasteiger partial charge < -0.3 is 10.6 Å². The van der Waals surface area contributed by atoms with Crippen molar-refractivity contribution in [2.24, 2.45) is 17.8 Å². The van der Waals surface area contributed by atoms with Crippen LogP contribution in [0, 0.1) is 17.8 Å². The Morgan fingerprint density at radius 3 is 2.36 bits per heavy atom. The summed E-state index contributed by atoms with van der Waals surface area (Å²) in [7, 11) is 0. The molecule has 3 aliphatic rings. The monoisotopic (exact) mass is 349 g/mol. The molecular formula is C19H31N3O3. The molecule has 3 fully saturated rings. The lowest BCUT2D eigenvalue weighted by Gasteiger charge is -2.42. The predicted molar refractivity (Wildman–Crippen MR) is 94.7 cm³/mol. The molecule has 4 unspecified atom stereocenters. The summed E-state index contributed by atoms with van der Waals surface area (Å²) in [5, 5.41) is 5.98. The van der Waals surface area contributed by atoms with E-state index in [1.54, 1.807) is 0 Å². The second-order valence-corrected chi connectivity index (χ2v) is 8.36. The Bertz CT molecular complexity index is 552. The van der Waals surface area contributed by atoms with Crippen molar-refractivity contribution in [2.75, 3.05) is 6.54 Å². The fourth-order valence-electron chi connectivity index (χ4n) is 5.02. The van der Waals surface area contributed by atoms with E-state index in [9.17, 15) is 14.4 Å². The van der Waals surface area contributed by atoms with Crippen molar-refractivity contribution < 1.29 is 14.4 Å². The van der Waals surface area contributed by atoms with Crippen molar-refractivity contribution in [3.63, 3.8) is 0 Å². The number of imide groups is 1. The highest BCUT2D eigenvalue weighted by atomic mass is 16.2. The molecule has 2 saturated carbocycles. The van der Waals surface area contributed by atoms with Crippen LogP contribution >= 0.6 is 0 Å². The first-order valence-electron chi connectivity index (χ1n) is 9.79. The normalized spacial score (nSPS) is 38.8. The summed E-state index contributed by atoms with van der Waals surface area (Å²) in [4.78, 5) is 39.1. The second kappa shape index (κ2) is 6.96. The van der Waals surface area contributed by atoms with Crippen molar-refractivity contribution in [3.8, 4) is 0 Å². The highest BCUT2D eigenvalue weighted by Gasteiger charge is 2.58. The standard InChI is InChI=1S/C19H31N3O3/c1-12-7-4-5-10-15(12)20-16(23)11-22-17(24)19(21-18(22)25)13(2)8-6-9-14(19)3/h12-15H,4-11H2,1-3H3,(H,20,23)(H,21,25). The Morgan fingerprint density at radius 1 is 1.08 bits per heavy atom. The van der Waals surface area contributed by atoms with Gasteiger partial charge in [0.1, 0.15) is 12.1 Å². The largest absolute Gasteiger partial charge is 0.352 e. The van der Waals surface area contributed by atoms with Crippen LogP contribution < -0.4 is 10.6 Å². The average Bonchev–Trinajstić information content (AvgIpc) is 2.81. The fraction of sp³-hybridized carbons (Fsp3) is 0.842. The van der Waals surface area contributed by atoms with E-state index in [1.165, 1.54) is 6.42 Å². The van der Waals surface area contributed by atoms with Gasteiger partial charge in [-0.05, 0) is 43.4 Å². The van der Waals surface area contributed by atoms with Crippen LogP contribution in [0.1, 0.15) is 65.7 Å². The maximum atomic E-state index is 13.1. The Hall–Kier alpha value is -1.59. The summed E-state index contributed by atoms with van der Waals surface area (Å²) in [6.45, 7) is 6.04. The van der Waals surface area contributed by atoms with Gasteiger partial charge in [0.05, 0.1) is 0 Å². The molecule has 140 valence electrons. The maximum absolute atomic E-state index is 13.1. The number of urea groups is 1. The van der Waals surface area contributed by atoms with E-state index in [0.717, 1.165) is 43.4 Å². The smallest absolute Gasteiger partial charge is 0.325 e. The lowest BCUT2D eigenvalue weighted by molar-refractivity contribution is -0.139. The lowest BCUT2D eigenvalue weighted by Crippen LogP contribution is -2.59. The quantitative estimate of drug-likeness (QED) is 0.768. The van der Waals surface area contributed by atoms with Gasteiger partial charge in [0.15, 0.2) is 0 Å². The van der Waals surface area contributed by atoms with Crippen molar-refractivity contribution in [1.29, 1.82) is 0 Å². The van der Waals surface area contributed by atoms with Gasteiger partial charge in [-0.1, -0.05) is 40.0 Å². The van der Waals surface area contributed by atoms with Gasteiger partial charge in [-0.2, -0.15) is 0 Å². The number of nitrogens with one attached hydrogen (secondary N) is 2. The minimum Gasteiger partial charge on any atom is -0.352 e. The molecule has 0 bridgehead atoms. The van der Waals surface area contributed by atoms with Gasteiger partial charge in [-0.25, -0.2) is 4.79 Å². The first kappa shape index (κ1) is 18.2. The molecule has 3 rings (SSSR count). The molecule has 0 aromatic heterocycles. The number of nitrogens with zero attached hydrogens (tertiary/aromatic N) is 1. The Balaban J connectivity index is 1.67. The molecular weight excluding hydrogens is 318 g/mol. The van der Waals surface area contributed by atoms with Gasteiger partial charge in [0.25, 0.3) is 5.91 Å². The summed E-state index contributed by atoms with van der Waals surface area (Å²) >= 11 is 0. The number of rotatable bonds is 3. The van der Waals surface area contributed by atoms with Gasteiger partial charge >= 0.3 is 6.03 Å². The number of carbonyl (C=O) groups is 3. The molecule has 0 aromatic carbocycles. The summed E-state index contributed by atoms with van der Waals surface area (Å²) in [6.07, 6.45) is 7.35. The Morgan fingerprint density at radius 2 is 1.72 bits per heavy atom. The summed E-state index contributed by atoms with van der Waals surface area (Å²) < 4.78 is 0. The van der Waals surface area contributed by atoms with Crippen molar-refractivity contribution in [2.45, 2.75) is 77.3 Å². The fourth-order valence-corrected chi connectivity index (χ4v) is 5.02. The molecule has 4 amide bonds. The average molecular weight is 349 g/mol. The zero-order valence-corrected chi connectivity index (χ0v) is 15.6. The van der Waals surface area contributed by atoms with Crippen LogP contribution in [0.4, 0.5) is 4.79 Å². The third kappa shape index (κ3) is 3.15. The molecule has 0 aromatic rings. The third-order valence-electron chi connectivity index (χ3n) is 6.75. The molecule has 1 saturated heterocycles. The van der Waals surface area contributed by atoms with E-state index < -0.39 is 11.6 Å². The van der Waals surface area contributed by atoms with Crippen LogP contribution in [-0.4, -0.2) is 40.9 Å². The molecule has 1 heterocycles.